The molecule has 0 unspecified atom stereocenters. The lowest BCUT2D eigenvalue weighted by atomic mass is 10.1. The Bertz CT molecular complexity index is 1010. The molecule has 0 saturated carbocycles. The van der Waals surface area contributed by atoms with Gasteiger partial charge in [0.15, 0.2) is 11.0 Å². The molecule has 3 aromatic rings. The minimum atomic E-state index is -0.411. The molecule has 0 fully saturated rings. The van der Waals surface area contributed by atoms with Crippen LogP contribution in [-0.4, -0.2) is 19.7 Å². The monoisotopic (exact) mass is 414 g/mol. The van der Waals surface area contributed by atoms with E-state index in [0.717, 1.165) is 5.56 Å². The van der Waals surface area contributed by atoms with Crippen molar-refractivity contribution in [2.45, 2.75) is 30.5 Å². The molecule has 1 aromatic heterocycles. The van der Waals surface area contributed by atoms with Crippen molar-refractivity contribution in [3.05, 3.63) is 88.5 Å². The average Bonchev–Trinajstić information content (AvgIpc) is 3.09. The van der Waals surface area contributed by atoms with Crippen molar-refractivity contribution in [2.75, 3.05) is 0 Å². The number of halogens is 1. The third kappa shape index (κ3) is 5.20. The molecular weight excluding hydrogens is 395 g/mol. The molecule has 150 valence electrons. The number of benzene rings is 2. The molecular formula is C20H19FN4O3S. The molecule has 3 rings (SSSR count). The summed E-state index contributed by atoms with van der Waals surface area (Å²) in [7, 11) is 0. The van der Waals surface area contributed by atoms with E-state index in [-0.39, 0.29) is 23.4 Å². The number of rotatable bonds is 9. The first-order valence-corrected chi connectivity index (χ1v) is 9.68. The Morgan fingerprint density at radius 1 is 1.31 bits per heavy atom. The lowest BCUT2D eigenvalue weighted by molar-refractivity contribution is -0.384. The van der Waals surface area contributed by atoms with Crippen LogP contribution in [0.2, 0.25) is 0 Å². The van der Waals surface area contributed by atoms with Crippen molar-refractivity contribution < 1.29 is 14.1 Å². The summed E-state index contributed by atoms with van der Waals surface area (Å²) >= 11 is 1.44. The third-order valence-corrected chi connectivity index (χ3v) is 5.26. The number of nitro benzene ring substituents is 1. The number of hydrogen-bond acceptors (Lipinski definition) is 6. The zero-order chi connectivity index (χ0) is 20.8. The van der Waals surface area contributed by atoms with Crippen LogP contribution in [0.25, 0.3) is 0 Å². The molecule has 0 bridgehead atoms. The molecule has 9 heteroatoms. The van der Waals surface area contributed by atoms with Crippen LogP contribution < -0.4 is 4.74 Å². The van der Waals surface area contributed by atoms with Gasteiger partial charge >= 0.3 is 0 Å². The molecule has 1 heterocycles. The number of aromatic nitrogens is 3. The van der Waals surface area contributed by atoms with Crippen LogP contribution >= 0.6 is 11.8 Å². The van der Waals surface area contributed by atoms with Crippen LogP contribution in [0.1, 0.15) is 23.6 Å². The maximum atomic E-state index is 13.0. The van der Waals surface area contributed by atoms with Gasteiger partial charge in [0.05, 0.1) is 4.92 Å². The first-order chi connectivity index (χ1) is 14.0. The van der Waals surface area contributed by atoms with Gasteiger partial charge in [-0.1, -0.05) is 30.0 Å². The average molecular weight is 414 g/mol. The Morgan fingerprint density at radius 3 is 2.76 bits per heavy atom. The van der Waals surface area contributed by atoms with E-state index in [2.05, 4.69) is 16.8 Å². The van der Waals surface area contributed by atoms with Gasteiger partial charge < -0.3 is 4.74 Å². The third-order valence-electron chi connectivity index (χ3n) is 4.12. The molecule has 0 radical (unpaired) electrons. The molecule has 2 aromatic carbocycles. The Kier molecular flexibility index (Phi) is 6.61. The van der Waals surface area contributed by atoms with Gasteiger partial charge in [-0.15, -0.1) is 16.8 Å². The summed E-state index contributed by atoms with van der Waals surface area (Å²) < 4.78 is 20.6. The van der Waals surface area contributed by atoms with Crippen molar-refractivity contribution in [2.24, 2.45) is 0 Å². The summed E-state index contributed by atoms with van der Waals surface area (Å²) in [5.74, 6) is 0.794. The standard InChI is InChI=1S/C20H19FN4O3S/c1-3-11-24-19(13-28-18-9-7-16(21)8-10-18)22-23-20(24)29-14(2)15-5-4-6-17(12-15)25(26)27/h3-10,12,14H,1,11,13H2,2H3/t14-/m1/s1. The normalized spacial score (nSPS) is 11.8. The van der Waals surface area contributed by atoms with E-state index >= 15 is 0 Å². The van der Waals surface area contributed by atoms with E-state index in [1.165, 1.54) is 30.0 Å². The highest BCUT2D eigenvalue weighted by Crippen LogP contribution is 2.35. The Balaban J connectivity index is 1.75. The highest BCUT2D eigenvalue weighted by atomic mass is 32.2. The SMILES string of the molecule is C=CCn1c(COc2ccc(F)cc2)nnc1S[C@H](C)c1cccc([N+](=O)[O-])c1. The maximum Gasteiger partial charge on any atom is 0.269 e. The Labute approximate surface area is 171 Å². The number of non-ortho nitro benzene ring substituents is 1. The molecule has 0 spiro atoms. The molecule has 0 aliphatic rings. The summed E-state index contributed by atoms with van der Waals surface area (Å²) in [5.41, 5.74) is 0.873. The van der Waals surface area contributed by atoms with Gasteiger partial charge in [-0.05, 0) is 36.8 Å². The smallest absolute Gasteiger partial charge is 0.269 e. The van der Waals surface area contributed by atoms with Crippen molar-refractivity contribution in [1.29, 1.82) is 0 Å². The lowest BCUT2D eigenvalue weighted by Crippen LogP contribution is -2.08. The van der Waals surface area contributed by atoms with Crippen LogP contribution in [0, 0.1) is 15.9 Å². The first kappa shape index (κ1) is 20.5. The molecule has 29 heavy (non-hydrogen) atoms. The Morgan fingerprint density at radius 2 is 2.07 bits per heavy atom. The zero-order valence-electron chi connectivity index (χ0n) is 15.7. The fraction of sp³-hybridized carbons (Fsp3) is 0.200. The van der Waals surface area contributed by atoms with E-state index < -0.39 is 4.92 Å². The minimum Gasteiger partial charge on any atom is -0.486 e. The molecule has 0 aliphatic carbocycles. The van der Waals surface area contributed by atoms with Crippen LogP contribution in [-0.2, 0) is 13.2 Å². The largest absolute Gasteiger partial charge is 0.486 e. The van der Waals surface area contributed by atoms with Gasteiger partial charge in [-0.2, -0.15) is 0 Å². The van der Waals surface area contributed by atoms with Crippen LogP contribution in [0.15, 0.2) is 66.3 Å². The number of nitro groups is 1. The highest BCUT2D eigenvalue weighted by Gasteiger charge is 2.18. The lowest BCUT2D eigenvalue weighted by Gasteiger charge is -2.13. The molecule has 0 N–H and O–H groups in total. The number of hydrogen-bond donors (Lipinski definition) is 0. The number of nitrogens with zero attached hydrogens (tertiary/aromatic N) is 4. The van der Waals surface area contributed by atoms with E-state index in [9.17, 15) is 14.5 Å². The van der Waals surface area contributed by atoms with Crippen LogP contribution in [0.4, 0.5) is 10.1 Å². The van der Waals surface area contributed by atoms with Crippen molar-refractivity contribution in [3.63, 3.8) is 0 Å². The van der Waals surface area contributed by atoms with Crippen molar-refractivity contribution in [1.82, 2.24) is 14.8 Å². The predicted molar refractivity (Wildman–Crippen MR) is 108 cm³/mol. The highest BCUT2D eigenvalue weighted by molar-refractivity contribution is 7.99. The maximum absolute atomic E-state index is 13.0. The van der Waals surface area contributed by atoms with E-state index in [1.807, 2.05) is 17.6 Å². The van der Waals surface area contributed by atoms with Gasteiger partial charge in [-0.25, -0.2) is 4.39 Å². The second-order valence-corrected chi connectivity index (χ2v) is 7.46. The minimum absolute atomic E-state index is 0.0518. The summed E-state index contributed by atoms with van der Waals surface area (Å²) in [6, 6.07) is 12.3. The van der Waals surface area contributed by atoms with Crippen LogP contribution in [0.3, 0.4) is 0 Å². The van der Waals surface area contributed by atoms with Gasteiger partial charge in [0.2, 0.25) is 0 Å². The summed E-state index contributed by atoms with van der Waals surface area (Å²) in [4.78, 5) is 10.6. The quantitative estimate of drug-likeness (QED) is 0.213. The van der Waals surface area contributed by atoms with E-state index in [4.69, 9.17) is 4.74 Å². The summed E-state index contributed by atoms with van der Waals surface area (Å²) in [6.07, 6.45) is 1.73. The van der Waals surface area contributed by atoms with Crippen molar-refractivity contribution in [3.8, 4) is 5.75 Å². The number of ether oxygens (including phenoxy) is 1. The zero-order valence-corrected chi connectivity index (χ0v) is 16.5. The second-order valence-electron chi connectivity index (χ2n) is 6.15. The molecule has 0 amide bonds. The number of allylic oxidation sites excluding steroid dienone is 1. The van der Waals surface area contributed by atoms with Crippen molar-refractivity contribution >= 4 is 17.4 Å². The molecule has 7 nitrogen and oxygen atoms in total. The van der Waals surface area contributed by atoms with Crippen LogP contribution in [0.5, 0.6) is 5.75 Å². The second kappa shape index (κ2) is 9.33. The van der Waals surface area contributed by atoms with Gasteiger partial charge in [0.25, 0.3) is 5.69 Å². The molecule has 0 aliphatic heterocycles. The molecule has 0 saturated heterocycles. The predicted octanol–water partition coefficient (Wildman–Crippen LogP) is 4.94. The van der Waals surface area contributed by atoms with E-state index in [1.54, 1.807) is 30.3 Å². The van der Waals surface area contributed by atoms with Gasteiger partial charge in [0.1, 0.15) is 18.2 Å². The molecule has 1 atom stereocenters. The van der Waals surface area contributed by atoms with Gasteiger partial charge in [-0.3, -0.25) is 14.7 Å². The van der Waals surface area contributed by atoms with Gasteiger partial charge in [0, 0.05) is 23.9 Å². The summed E-state index contributed by atoms with van der Waals surface area (Å²) in [6.45, 7) is 6.37. The fourth-order valence-electron chi connectivity index (χ4n) is 2.62. The topological polar surface area (TPSA) is 83.1 Å². The fourth-order valence-corrected chi connectivity index (χ4v) is 3.62. The van der Waals surface area contributed by atoms with E-state index in [0.29, 0.717) is 23.3 Å². The number of thioether (sulfide) groups is 1. The first-order valence-electron chi connectivity index (χ1n) is 8.80. The Hall–Kier alpha value is -3.20. The summed E-state index contributed by atoms with van der Waals surface area (Å²) in [5, 5.41) is 20.0.